The molecule has 0 aliphatic heterocycles. The topological polar surface area (TPSA) is 12.0 Å². The molecule has 1 fully saturated rings. The van der Waals surface area contributed by atoms with Crippen molar-refractivity contribution in [2.45, 2.75) is 38.3 Å². The third-order valence-electron chi connectivity index (χ3n) is 3.98. The average Bonchev–Trinajstić information content (AvgIpc) is 3.14. The molecular formula is C17H20ClNS. The Morgan fingerprint density at radius 1 is 1.30 bits per heavy atom. The highest BCUT2D eigenvalue weighted by molar-refractivity contribution is 7.10. The number of nitrogens with one attached hydrogen (secondary N) is 1. The second-order valence-corrected chi connectivity index (χ2v) is 6.93. The Balaban J connectivity index is 1.79. The van der Waals surface area contributed by atoms with Crippen LogP contribution in [0, 0.1) is 5.92 Å². The van der Waals surface area contributed by atoms with Crippen LogP contribution in [0.5, 0.6) is 0 Å². The Bertz CT molecular complexity index is 548. The Hall–Kier alpha value is -0.830. The van der Waals surface area contributed by atoms with E-state index in [0.29, 0.717) is 12.1 Å². The summed E-state index contributed by atoms with van der Waals surface area (Å²) in [5.41, 5.74) is 1.29. The summed E-state index contributed by atoms with van der Waals surface area (Å²) in [6.07, 6.45) is 3.78. The number of benzene rings is 1. The zero-order valence-electron chi connectivity index (χ0n) is 11.7. The van der Waals surface area contributed by atoms with Gasteiger partial charge in [-0.25, -0.2) is 0 Å². The molecule has 2 aromatic rings. The molecule has 3 rings (SSSR count). The summed E-state index contributed by atoms with van der Waals surface area (Å²) in [5.74, 6) is 0.807. The fourth-order valence-corrected chi connectivity index (χ4v) is 3.82. The molecule has 1 saturated carbocycles. The quantitative estimate of drug-likeness (QED) is 0.733. The Labute approximate surface area is 130 Å². The van der Waals surface area contributed by atoms with Crippen molar-refractivity contribution in [3.63, 3.8) is 0 Å². The molecule has 2 unspecified atom stereocenters. The second kappa shape index (κ2) is 6.30. The molecular weight excluding hydrogens is 286 g/mol. The van der Waals surface area contributed by atoms with Crippen LogP contribution in [0.4, 0.5) is 0 Å². The van der Waals surface area contributed by atoms with Crippen molar-refractivity contribution in [2.24, 2.45) is 5.92 Å². The molecule has 1 heterocycles. The van der Waals surface area contributed by atoms with Gasteiger partial charge in [-0.2, -0.15) is 0 Å². The van der Waals surface area contributed by atoms with Crippen LogP contribution >= 0.6 is 22.9 Å². The fourth-order valence-electron chi connectivity index (χ4n) is 2.74. The molecule has 0 saturated heterocycles. The maximum atomic E-state index is 6.13. The molecule has 1 aromatic carbocycles. The van der Waals surface area contributed by atoms with Gasteiger partial charge in [0.15, 0.2) is 0 Å². The summed E-state index contributed by atoms with van der Waals surface area (Å²) >= 11 is 7.99. The number of halogens is 1. The third kappa shape index (κ3) is 3.25. The Morgan fingerprint density at radius 3 is 2.75 bits per heavy atom. The van der Waals surface area contributed by atoms with Crippen molar-refractivity contribution >= 4 is 22.9 Å². The van der Waals surface area contributed by atoms with Gasteiger partial charge in [-0.3, -0.25) is 0 Å². The highest BCUT2D eigenvalue weighted by atomic mass is 35.5. The van der Waals surface area contributed by atoms with Crippen LogP contribution in [0.3, 0.4) is 0 Å². The maximum Gasteiger partial charge on any atom is 0.0448 e. The van der Waals surface area contributed by atoms with Crippen molar-refractivity contribution in [3.05, 3.63) is 57.2 Å². The molecule has 1 N–H and O–H groups in total. The van der Waals surface area contributed by atoms with Crippen molar-refractivity contribution in [2.75, 3.05) is 0 Å². The standard InChI is InChI=1S/C17H20ClNS/c1-2-15(13-5-3-6-14(18)11-13)19-17(12-8-9-12)16-7-4-10-20-16/h3-7,10-12,15,17,19H,2,8-9H2,1H3. The molecule has 0 amide bonds. The van der Waals surface area contributed by atoms with Crippen LogP contribution < -0.4 is 5.32 Å². The largest absolute Gasteiger partial charge is 0.302 e. The van der Waals surface area contributed by atoms with Crippen LogP contribution in [0.1, 0.15) is 48.7 Å². The van der Waals surface area contributed by atoms with Crippen LogP contribution in [0.2, 0.25) is 5.02 Å². The van der Waals surface area contributed by atoms with Gasteiger partial charge in [0.1, 0.15) is 0 Å². The Kier molecular flexibility index (Phi) is 4.45. The molecule has 106 valence electrons. The Morgan fingerprint density at radius 2 is 2.15 bits per heavy atom. The van der Waals surface area contributed by atoms with Gasteiger partial charge in [0.2, 0.25) is 0 Å². The van der Waals surface area contributed by atoms with Crippen molar-refractivity contribution < 1.29 is 0 Å². The summed E-state index contributed by atoms with van der Waals surface area (Å²) in [7, 11) is 0. The lowest BCUT2D eigenvalue weighted by atomic mass is 10.0. The number of hydrogen-bond acceptors (Lipinski definition) is 2. The molecule has 0 spiro atoms. The molecule has 1 aliphatic carbocycles. The summed E-state index contributed by atoms with van der Waals surface area (Å²) in [5, 5.41) is 6.86. The van der Waals surface area contributed by atoms with Gasteiger partial charge in [-0.15, -0.1) is 11.3 Å². The van der Waals surface area contributed by atoms with E-state index in [1.807, 2.05) is 23.5 Å². The average molecular weight is 306 g/mol. The molecule has 0 radical (unpaired) electrons. The van der Waals surface area contributed by atoms with E-state index in [4.69, 9.17) is 11.6 Å². The molecule has 20 heavy (non-hydrogen) atoms. The lowest BCUT2D eigenvalue weighted by Crippen LogP contribution is -2.27. The zero-order valence-corrected chi connectivity index (χ0v) is 13.3. The first-order valence-electron chi connectivity index (χ1n) is 7.33. The first-order valence-corrected chi connectivity index (χ1v) is 8.58. The highest BCUT2D eigenvalue weighted by Gasteiger charge is 2.34. The van der Waals surface area contributed by atoms with Gasteiger partial charge >= 0.3 is 0 Å². The number of thiophene rings is 1. The van der Waals surface area contributed by atoms with Crippen LogP contribution in [0.15, 0.2) is 41.8 Å². The van der Waals surface area contributed by atoms with Crippen molar-refractivity contribution in [3.8, 4) is 0 Å². The van der Waals surface area contributed by atoms with Crippen LogP contribution in [0.25, 0.3) is 0 Å². The molecule has 2 atom stereocenters. The minimum absolute atomic E-state index is 0.376. The zero-order chi connectivity index (χ0) is 13.9. The predicted octanol–water partition coefficient (Wildman–Crippen LogP) is 5.59. The van der Waals surface area contributed by atoms with Crippen molar-refractivity contribution in [1.82, 2.24) is 5.32 Å². The lowest BCUT2D eigenvalue weighted by Gasteiger charge is -2.25. The van der Waals surface area contributed by atoms with Crippen LogP contribution in [-0.2, 0) is 0 Å². The monoisotopic (exact) mass is 305 g/mol. The van der Waals surface area contributed by atoms with Crippen molar-refractivity contribution in [1.29, 1.82) is 0 Å². The van der Waals surface area contributed by atoms with Gasteiger partial charge in [0, 0.05) is 22.0 Å². The normalized spacial score (nSPS) is 17.9. The van der Waals surface area contributed by atoms with E-state index in [1.165, 1.54) is 23.3 Å². The summed E-state index contributed by atoms with van der Waals surface area (Å²) < 4.78 is 0. The SMILES string of the molecule is CCC(NC(c1cccs1)C1CC1)c1cccc(Cl)c1. The number of rotatable bonds is 6. The van der Waals surface area contributed by atoms with E-state index in [0.717, 1.165) is 17.4 Å². The van der Waals surface area contributed by atoms with Gasteiger partial charge < -0.3 is 5.32 Å². The van der Waals surface area contributed by atoms with Crippen LogP contribution in [-0.4, -0.2) is 0 Å². The first kappa shape index (κ1) is 14.1. The van der Waals surface area contributed by atoms with E-state index in [2.05, 4.69) is 41.9 Å². The third-order valence-corrected chi connectivity index (χ3v) is 5.17. The van der Waals surface area contributed by atoms with E-state index in [9.17, 15) is 0 Å². The number of hydrogen-bond donors (Lipinski definition) is 1. The first-order chi connectivity index (χ1) is 9.78. The summed E-state index contributed by atoms with van der Waals surface area (Å²) in [6, 6.07) is 13.5. The van der Waals surface area contributed by atoms with E-state index in [1.54, 1.807) is 0 Å². The fraction of sp³-hybridized carbons (Fsp3) is 0.412. The molecule has 1 aliphatic rings. The molecule has 1 nitrogen and oxygen atoms in total. The van der Waals surface area contributed by atoms with E-state index in [-0.39, 0.29) is 0 Å². The van der Waals surface area contributed by atoms with Gasteiger partial charge in [-0.05, 0) is 54.3 Å². The highest BCUT2D eigenvalue weighted by Crippen LogP contribution is 2.43. The maximum absolute atomic E-state index is 6.13. The minimum Gasteiger partial charge on any atom is -0.302 e. The van der Waals surface area contributed by atoms with Gasteiger partial charge in [0.25, 0.3) is 0 Å². The van der Waals surface area contributed by atoms with E-state index >= 15 is 0 Å². The summed E-state index contributed by atoms with van der Waals surface area (Å²) in [6.45, 7) is 2.23. The minimum atomic E-state index is 0.376. The smallest absolute Gasteiger partial charge is 0.0448 e. The molecule has 0 bridgehead atoms. The lowest BCUT2D eigenvalue weighted by molar-refractivity contribution is 0.406. The second-order valence-electron chi connectivity index (χ2n) is 5.51. The summed E-state index contributed by atoms with van der Waals surface area (Å²) in [4.78, 5) is 1.47. The predicted molar refractivity (Wildman–Crippen MR) is 87.4 cm³/mol. The van der Waals surface area contributed by atoms with Gasteiger partial charge in [-0.1, -0.05) is 36.7 Å². The van der Waals surface area contributed by atoms with Gasteiger partial charge in [0.05, 0.1) is 0 Å². The molecule has 1 aromatic heterocycles. The van der Waals surface area contributed by atoms with E-state index < -0.39 is 0 Å². The molecule has 3 heteroatoms.